The van der Waals surface area contributed by atoms with Crippen molar-refractivity contribution in [3.05, 3.63) is 38.3 Å². The lowest BCUT2D eigenvalue weighted by Crippen LogP contribution is -3.64. The van der Waals surface area contributed by atoms with Crippen molar-refractivity contribution in [1.82, 2.24) is 0 Å². The van der Waals surface area contributed by atoms with E-state index in [9.17, 15) is 18.0 Å². The highest BCUT2D eigenvalue weighted by Gasteiger charge is 2.39. The molecule has 2 rings (SSSR count). The summed E-state index contributed by atoms with van der Waals surface area (Å²) in [7, 11) is 0. The molecule has 0 unspecified atom stereocenters. The van der Waals surface area contributed by atoms with Gasteiger partial charge in [-0.1, -0.05) is 12.1 Å². The second-order valence-corrected chi connectivity index (χ2v) is 6.10. The van der Waals surface area contributed by atoms with Crippen molar-refractivity contribution in [3.63, 3.8) is 0 Å². The first-order valence-corrected chi connectivity index (χ1v) is 7.46. The average molecular weight is 370 g/mol. The van der Waals surface area contributed by atoms with E-state index in [1.165, 1.54) is 0 Å². The van der Waals surface area contributed by atoms with Crippen molar-refractivity contribution >= 4 is 16.7 Å². The van der Waals surface area contributed by atoms with E-state index in [1.54, 1.807) is 24.3 Å². The van der Waals surface area contributed by atoms with E-state index >= 15 is 0 Å². The van der Waals surface area contributed by atoms with Gasteiger partial charge in [0.05, 0.1) is 0 Å². The average Bonchev–Trinajstić information content (AvgIpc) is 2.27. The number of anilines is 1. The van der Waals surface area contributed by atoms with Crippen molar-refractivity contribution in [2.45, 2.75) is 6.18 Å². The SMILES string of the molecule is Nc1c([I+]CC(F)(F)F)c(=O)oc2ccccc12. The molecule has 18 heavy (non-hydrogen) atoms. The van der Waals surface area contributed by atoms with E-state index in [2.05, 4.69) is 0 Å². The smallest absolute Gasteiger partial charge is 0.419 e. The van der Waals surface area contributed by atoms with Gasteiger partial charge in [0.15, 0.2) is 0 Å². The molecule has 0 fully saturated rings. The molecule has 0 atom stereocenters. The Morgan fingerprint density at radius 1 is 1.28 bits per heavy atom. The van der Waals surface area contributed by atoms with Gasteiger partial charge in [-0.2, -0.15) is 13.2 Å². The van der Waals surface area contributed by atoms with E-state index < -0.39 is 37.4 Å². The number of fused-ring (bicyclic) bond motifs is 1. The summed E-state index contributed by atoms with van der Waals surface area (Å²) in [6, 6.07) is 6.52. The molecule has 2 aromatic rings. The summed E-state index contributed by atoms with van der Waals surface area (Å²) in [6.45, 7) is 0. The summed E-state index contributed by atoms with van der Waals surface area (Å²) in [6.07, 6.45) is -4.28. The molecule has 0 bridgehead atoms. The van der Waals surface area contributed by atoms with Gasteiger partial charge >= 0.3 is 33.0 Å². The Labute approximate surface area is 110 Å². The Morgan fingerprint density at radius 3 is 2.61 bits per heavy atom. The molecule has 0 radical (unpaired) electrons. The van der Waals surface area contributed by atoms with Gasteiger partial charge in [-0.3, -0.25) is 0 Å². The minimum atomic E-state index is -4.28. The highest BCUT2D eigenvalue weighted by Crippen LogP contribution is 2.17. The van der Waals surface area contributed by atoms with Gasteiger partial charge in [0.25, 0.3) is 3.57 Å². The van der Waals surface area contributed by atoms with Crippen LogP contribution in [0.3, 0.4) is 0 Å². The fourth-order valence-corrected chi connectivity index (χ4v) is 3.36. The van der Waals surface area contributed by atoms with E-state index in [-0.39, 0.29) is 9.26 Å². The highest BCUT2D eigenvalue weighted by atomic mass is 127. The van der Waals surface area contributed by atoms with Crippen molar-refractivity contribution in [2.75, 3.05) is 10.2 Å². The molecule has 0 aliphatic carbocycles. The third-order valence-corrected chi connectivity index (χ3v) is 5.18. The van der Waals surface area contributed by atoms with Crippen LogP contribution in [0.15, 0.2) is 33.5 Å². The lowest BCUT2D eigenvalue weighted by molar-refractivity contribution is -0.651. The molecule has 1 aromatic carbocycles. The summed E-state index contributed by atoms with van der Waals surface area (Å²) >= 11 is -1.54. The van der Waals surface area contributed by atoms with Crippen LogP contribution in [0.5, 0.6) is 0 Å². The van der Waals surface area contributed by atoms with E-state index in [1.807, 2.05) is 0 Å². The molecular formula is C11H8F3INO2+. The van der Waals surface area contributed by atoms with Crippen LogP contribution in [0, 0.1) is 3.57 Å². The predicted molar refractivity (Wildman–Crippen MR) is 56.5 cm³/mol. The summed E-state index contributed by atoms with van der Waals surface area (Å²) in [5, 5.41) is 0.481. The molecule has 96 valence electrons. The lowest BCUT2D eigenvalue weighted by atomic mass is 10.2. The Morgan fingerprint density at radius 2 is 1.94 bits per heavy atom. The zero-order chi connectivity index (χ0) is 13.3. The van der Waals surface area contributed by atoms with Gasteiger partial charge in [0, 0.05) is 5.39 Å². The maximum absolute atomic E-state index is 12.2. The van der Waals surface area contributed by atoms with Gasteiger partial charge in [0.2, 0.25) is 4.43 Å². The molecule has 0 aliphatic heterocycles. The summed E-state index contributed by atoms with van der Waals surface area (Å²) < 4.78 is 40.5. The molecule has 7 heteroatoms. The zero-order valence-corrected chi connectivity index (χ0v) is 11.1. The van der Waals surface area contributed by atoms with Gasteiger partial charge in [-0.05, 0) is 12.1 Å². The van der Waals surface area contributed by atoms with E-state index in [4.69, 9.17) is 10.2 Å². The number of rotatable bonds is 2. The highest BCUT2D eigenvalue weighted by molar-refractivity contribution is 5.87. The molecule has 0 saturated carbocycles. The molecule has 0 amide bonds. The molecule has 3 nitrogen and oxygen atoms in total. The van der Waals surface area contributed by atoms with Crippen LogP contribution < -0.4 is 32.6 Å². The molecule has 0 spiro atoms. The number of alkyl halides is 4. The van der Waals surface area contributed by atoms with Crippen LogP contribution in [-0.2, 0) is 0 Å². The van der Waals surface area contributed by atoms with Gasteiger partial charge in [0.1, 0.15) is 11.3 Å². The van der Waals surface area contributed by atoms with Crippen LogP contribution in [0.1, 0.15) is 0 Å². The first-order chi connectivity index (χ1) is 8.38. The summed E-state index contributed by atoms with van der Waals surface area (Å²) in [5.41, 5.74) is 5.39. The van der Waals surface area contributed by atoms with Crippen LogP contribution >= 0.6 is 0 Å². The predicted octanol–water partition coefficient (Wildman–Crippen LogP) is -0.804. The number of para-hydroxylation sites is 1. The van der Waals surface area contributed by atoms with E-state index in [0.29, 0.717) is 11.0 Å². The largest absolute Gasteiger partial charge is 0.432 e. The molecular weight excluding hydrogens is 362 g/mol. The maximum atomic E-state index is 12.2. The van der Waals surface area contributed by atoms with Crippen LogP contribution in [0.2, 0.25) is 0 Å². The van der Waals surface area contributed by atoms with Crippen molar-refractivity contribution in [2.24, 2.45) is 0 Å². The number of nitrogens with two attached hydrogens (primary N) is 1. The zero-order valence-electron chi connectivity index (χ0n) is 8.92. The van der Waals surface area contributed by atoms with Crippen molar-refractivity contribution < 1.29 is 38.8 Å². The number of nitrogen functional groups attached to an aromatic ring is 1. The van der Waals surface area contributed by atoms with Gasteiger partial charge in [-0.15, -0.1) is 0 Å². The molecule has 2 N–H and O–H groups in total. The Bertz CT molecular complexity index is 636. The third kappa shape index (κ3) is 2.77. The molecule has 1 heterocycles. The van der Waals surface area contributed by atoms with Crippen molar-refractivity contribution in [3.8, 4) is 0 Å². The monoisotopic (exact) mass is 370 g/mol. The summed E-state index contributed by atoms with van der Waals surface area (Å²) in [4.78, 5) is 11.6. The molecule has 1 aromatic heterocycles. The topological polar surface area (TPSA) is 56.2 Å². The number of halogens is 4. The number of hydrogen-bond acceptors (Lipinski definition) is 3. The lowest BCUT2D eigenvalue weighted by Gasteiger charge is -2.00. The van der Waals surface area contributed by atoms with Gasteiger partial charge in [-0.25, -0.2) is 4.79 Å². The second-order valence-electron chi connectivity index (χ2n) is 3.50. The number of benzene rings is 1. The first-order valence-electron chi connectivity index (χ1n) is 4.86. The Hall–Kier alpha value is -1.25. The minimum Gasteiger partial charge on any atom is -0.419 e. The maximum Gasteiger partial charge on any atom is 0.432 e. The van der Waals surface area contributed by atoms with Crippen molar-refractivity contribution in [1.29, 1.82) is 0 Å². The third-order valence-electron chi connectivity index (χ3n) is 2.15. The van der Waals surface area contributed by atoms with Crippen LogP contribution in [0.4, 0.5) is 18.9 Å². The van der Waals surface area contributed by atoms with Crippen LogP contribution in [-0.4, -0.2) is 10.6 Å². The molecule has 0 saturated heterocycles. The van der Waals surface area contributed by atoms with Gasteiger partial charge < -0.3 is 10.2 Å². The van der Waals surface area contributed by atoms with Crippen LogP contribution in [0.25, 0.3) is 11.0 Å². The quantitative estimate of drug-likeness (QED) is 0.428. The number of hydrogen-bond donors (Lipinski definition) is 1. The first kappa shape index (κ1) is 13.2. The normalized spacial score (nSPS) is 11.9. The fourth-order valence-electron chi connectivity index (χ4n) is 1.42. The second kappa shape index (κ2) is 4.79. The minimum absolute atomic E-state index is 0.00942. The fraction of sp³-hybridized carbons (Fsp3) is 0.182. The van der Waals surface area contributed by atoms with E-state index in [0.717, 1.165) is 0 Å². The standard InChI is InChI=1S/C11H7F3INO2/c12-11(13,14)5-15-8-9(16)6-3-1-2-4-7(6)18-10(8)17/h1-4H,5H2,(H-,16,17)/p+1. The Balaban J connectivity index is 2.48. The summed E-state index contributed by atoms with van der Waals surface area (Å²) in [5.74, 6) is 0. The Kier molecular flexibility index (Phi) is 3.51. The molecule has 0 aliphatic rings.